The number of nitrogens with one attached hydrogen (secondary N) is 3. The van der Waals surface area contributed by atoms with Crippen LogP contribution in [0.25, 0.3) is 0 Å². The Bertz CT molecular complexity index is 416. The van der Waals surface area contributed by atoms with Gasteiger partial charge in [-0.15, -0.1) is 5.10 Å². The number of carbonyl (C=O) groups is 1. The fraction of sp³-hybridized carbons (Fsp3) is 0.750. The highest BCUT2D eigenvalue weighted by atomic mass is 16.4. The van der Waals surface area contributed by atoms with Gasteiger partial charge in [-0.1, -0.05) is 12.0 Å². The van der Waals surface area contributed by atoms with Crippen molar-refractivity contribution in [3.63, 3.8) is 0 Å². The molecule has 1 fully saturated rings. The Hall–Kier alpha value is -1.63. The van der Waals surface area contributed by atoms with E-state index in [0.717, 1.165) is 6.42 Å². The molecule has 1 saturated carbocycles. The molecule has 7 nitrogen and oxygen atoms in total. The molecule has 0 aliphatic heterocycles. The van der Waals surface area contributed by atoms with Gasteiger partial charge in [-0.2, -0.15) is 0 Å². The van der Waals surface area contributed by atoms with Gasteiger partial charge in [-0.3, -0.25) is 4.79 Å². The molecule has 0 spiro atoms. The van der Waals surface area contributed by atoms with Gasteiger partial charge in [0.2, 0.25) is 11.8 Å². The fourth-order valence-electron chi connectivity index (χ4n) is 1.55. The number of anilines is 1. The monoisotopic (exact) mass is 267 g/mol. The molecule has 1 atom stereocenters. The molecule has 3 N–H and O–H groups in total. The first-order valence-corrected chi connectivity index (χ1v) is 6.79. The molecule has 106 valence electrons. The van der Waals surface area contributed by atoms with E-state index in [1.165, 1.54) is 12.8 Å². The number of hydrogen-bond donors (Lipinski definition) is 3. The maximum Gasteiger partial charge on any atom is 0.316 e. The molecule has 1 amide bonds. The van der Waals surface area contributed by atoms with E-state index in [1.807, 2.05) is 6.92 Å². The number of carbonyl (C=O) groups excluding carboxylic acids is 1. The molecular formula is C12H21N5O2. The van der Waals surface area contributed by atoms with E-state index in [-0.39, 0.29) is 11.9 Å². The van der Waals surface area contributed by atoms with Crippen molar-refractivity contribution < 1.29 is 9.21 Å². The Morgan fingerprint density at radius 1 is 1.47 bits per heavy atom. The Morgan fingerprint density at radius 3 is 2.95 bits per heavy atom. The van der Waals surface area contributed by atoms with Crippen molar-refractivity contribution in [2.24, 2.45) is 0 Å². The average molecular weight is 267 g/mol. The summed E-state index contributed by atoms with van der Waals surface area (Å²) in [5.41, 5.74) is 0. The maximum atomic E-state index is 11.7. The highest BCUT2D eigenvalue weighted by Gasteiger charge is 2.21. The second-order valence-electron chi connectivity index (χ2n) is 4.81. The normalized spacial score (nSPS) is 16.1. The molecule has 1 aliphatic carbocycles. The predicted molar refractivity (Wildman–Crippen MR) is 70.5 cm³/mol. The Balaban J connectivity index is 1.76. The van der Waals surface area contributed by atoms with Crippen molar-refractivity contribution in [2.45, 2.75) is 51.7 Å². The minimum Gasteiger partial charge on any atom is -0.407 e. The smallest absolute Gasteiger partial charge is 0.316 e. The lowest BCUT2D eigenvalue weighted by Crippen LogP contribution is -2.37. The van der Waals surface area contributed by atoms with E-state index < -0.39 is 6.04 Å². The van der Waals surface area contributed by atoms with Crippen LogP contribution in [0.1, 0.15) is 39.0 Å². The number of hydrogen-bond acceptors (Lipinski definition) is 6. The highest BCUT2D eigenvalue weighted by Crippen LogP contribution is 2.19. The van der Waals surface area contributed by atoms with Gasteiger partial charge in [0.1, 0.15) is 6.04 Å². The highest BCUT2D eigenvalue weighted by molar-refractivity contribution is 5.83. The fourth-order valence-corrected chi connectivity index (χ4v) is 1.55. The second kappa shape index (κ2) is 6.51. The van der Waals surface area contributed by atoms with Crippen LogP contribution in [0.3, 0.4) is 0 Å². The zero-order valence-electron chi connectivity index (χ0n) is 11.4. The first kappa shape index (κ1) is 13.8. The second-order valence-corrected chi connectivity index (χ2v) is 4.81. The first-order valence-electron chi connectivity index (χ1n) is 6.79. The van der Waals surface area contributed by atoms with Crippen molar-refractivity contribution in [2.75, 3.05) is 11.9 Å². The molecule has 1 unspecified atom stereocenters. The van der Waals surface area contributed by atoms with Gasteiger partial charge in [0, 0.05) is 12.6 Å². The van der Waals surface area contributed by atoms with Gasteiger partial charge in [0.15, 0.2) is 0 Å². The summed E-state index contributed by atoms with van der Waals surface area (Å²) in [5.74, 6) is 0.466. The number of aromatic nitrogens is 2. The van der Waals surface area contributed by atoms with Crippen molar-refractivity contribution in [1.29, 1.82) is 0 Å². The van der Waals surface area contributed by atoms with Crippen LogP contribution in [0, 0.1) is 0 Å². The Morgan fingerprint density at radius 2 is 2.26 bits per heavy atom. The molecule has 0 saturated heterocycles. The lowest BCUT2D eigenvalue weighted by molar-refractivity contribution is -0.121. The summed E-state index contributed by atoms with van der Waals surface area (Å²) in [4.78, 5) is 11.7. The van der Waals surface area contributed by atoms with Gasteiger partial charge >= 0.3 is 6.01 Å². The predicted octanol–water partition coefficient (Wildman–Crippen LogP) is 0.648. The van der Waals surface area contributed by atoms with Crippen LogP contribution < -0.4 is 16.0 Å². The van der Waals surface area contributed by atoms with Crippen molar-refractivity contribution in [1.82, 2.24) is 20.8 Å². The minimum absolute atomic E-state index is 0.0716. The molecule has 7 heteroatoms. The zero-order valence-corrected chi connectivity index (χ0v) is 11.4. The minimum atomic E-state index is -0.392. The average Bonchev–Trinajstić information content (AvgIpc) is 3.13. The first-order chi connectivity index (χ1) is 9.19. The summed E-state index contributed by atoms with van der Waals surface area (Å²) >= 11 is 0. The van der Waals surface area contributed by atoms with Crippen LogP contribution in [0.15, 0.2) is 4.42 Å². The summed E-state index contributed by atoms with van der Waals surface area (Å²) in [5, 5.41) is 16.8. The van der Waals surface area contributed by atoms with Crippen LogP contribution in [0.5, 0.6) is 0 Å². The molecule has 1 aromatic heterocycles. The molecule has 2 rings (SSSR count). The summed E-state index contributed by atoms with van der Waals surface area (Å²) in [7, 11) is 0. The lowest BCUT2D eigenvalue weighted by Gasteiger charge is -2.11. The standard InChI is InChI=1S/C12H21N5O2/c1-3-6-13-11(18)8(2)15-12-17-16-10(19-12)7-14-9-4-5-9/h8-9,14H,3-7H2,1-2H3,(H,13,18)(H,15,17). The SMILES string of the molecule is CCCNC(=O)C(C)Nc1nnc(CNC2CC2)o1. The third kappa shape index (κ3) is 4.51. The van der Waals surface area contributed by atoms with E-state index in [1.54, 1.807) is 6.92 Å². The number of amides is 1. The molecule has 19 heavy (non-hydrogen) atoms. The quantitative estimate of drug-likeness (QED) is 0.640. The summed E-state index contributed by atoms with van der Waals surface area (Å²) in [6.45, 7) is 5.02. The molecular weight excluding hydrogens is 246 g/mol. The maximum absolute atomic E-state index is 11.7. The van der Waals surface area contributed by atoms with Crippen molar-refractivity contribution >= 4 is 11.9 Å². The van der Waals surface area contributed by atoms with Gasteiger partial charge in [-0.05, 0) is 26.2 Å². The van der Waals surface area contributed by atoms with E-state index in [4.69, 9.17) is 4.42 Å². The van der Waals surface area contributed by atoms with Crippen molar-refractivity contribution in [3.8, 4) is 0 Å². The third-order valence-electron chi connectivity index (χ3n) is 2.87. The van der Waals surface area contributed by atoms with E-state index in [9.17, 15) is 4.79 Å². The van der Waals surface area contributed by atoms with Gasteiger partial charge in [0.05, 0.1) is 6.54 Å². The van der Waals surface area contributed by atoms with Crippen LogP contribution in [0.4, 0.5) is 6.01 Å². The van der Waals surface area contributed by atoms with Crippen molar-refractivity contribution in [3.05, 3.63) is 5.89 Å². The molecule has 0 radical (unpaired) electrons. The topological polar surface area (TPSA) is 92.1 Å². The molecule has 1 aliphatic rings. The number of rotatable bonds is 8. The summed E-state index contributed by atoms with van der Waals surface area (Å²) in [6, 6.07) is 0.491. The Labute approximate surface area is 112 Å². The summed E-state index contributed by atoms with van der Waals surface area (Å²) in [6.07, 6.45) is 3.34. The number of nitrogens with zero attached hydrogens (tertiary/aromatic N) is 2. The largest absolute Gasteiger partial charge is 0.407 e. The van der Waals surface area contributed by atoms with E-state index >= 15 is 0 Å². The Kier molecular flexibility index (Phi) is 4.73. The van der Waals surface area contributed by atoms with Gasteiger partial charge < -0.3 is 20.4 Å². The molecule has 1 heterocycles. The third-order valence-corrected chi connectivity index (χ3v) is 2.87. The van der Waals surface area contributed by atoms with Gasteiger partial charge in [-0.25, -0.2) is 0 Å². The lowest BCUT2D eigenvalue weighted by atomic mass is 10.3. The van der Waals surface area contributed by atoms with Crippen LogP contribution in [-0.2, 0) is 11.3 Å². The van der Waals surface area contributed by atoms with Crippen LogP contribution in [-0.4, -0.2) is 34.7 Å². The van der Waals surface area contributed by atoms with E-state index in [0.29, 0.717) is 25.0 Å². The molecule has 0 aromatic carbocycles. The molecule has 1 aromatic rings. The zero-order chi connectivity index (χ0) is 13.7. The molecule has 0 bridgehead atoms. The van der Waals surface area contributed by atoms with Crippen LogP contribution >= 0.6 is 0 Å². The van der Waals surface area contributed by atoms with Crippen LogP contribution in [0.2, 0.25) is 0 Å². The van der Waals surface area contributed by atoms with Gasteiger partial charge in [0.25, 0.3) is 0 Å². The van der Waals surface area contributed by atoms with E-state index in [2.05, 4.69) is 26.1 Å². The summed E-state index contributed by atoms with van der Waals surface area (Å²) < 4.78 is 5.41.